The Kier molecular flexibility index (Phi) is 5.11. The molecule has 0 saturated carbocycles. The van der Waals surface area contributed by atoms with Crippen molar-refractivity contribution in [1.29, 1.82) is 5.26 Å². The highest BCUT2D eigenvalue weighted by atomic mass is 19.4. The molecular formula is C16H15F3N4O2. The summed E-state index contributed by atoms with van der Waals surface area (Å²) in [4.78, 5) is 28.7. The van der Waals surface area contributed by atoms with E-state index in [1.165, 1.54) is 19.1 Å². The summed E-state index contributed by atoms with van der Waals surface area (Å²) >= 11 is 0. The van der Waals surface area contributed by atoms with Crippen molar-refractivity contribution < 1.29 is 22.8 Å². The maximum atomic E-state index is 13.4. The van der Waals surface area contributed by atoms with Crippen LogP contribution in [0.1, 0.15) is 31.0 Å². The molecule has 1 aromatic carbocycles. The first-order chi connectivity index (χ1) is 11.7. The lowest BCUT2D eigenvalue weighted by Gasteiger charge is -2.36. The maximum Gasteiger partial charge on any atom is 0.416 e. The Hall–Kier alpha value is -2.89. The fraction of sp³-hybridized carbons (Fsp3) is 0.375. The number of hydrogen-bond acceptors (Lipinski definition) is 3. The lowest BCUT2D eigenvalue weighted by molar-refractivity contribution is -0.138. The number of urea groups is 2. The number of amides is 4. The minimum absolute atomic E-state index is 0.0648. The van der Waals surface area contributed by atoms with Gasteiger partial charge in [-0.1, -0.05) is 18.2 Å². The molecule has 2 rings (SSSR count). The van der Waals surface area contributed by atoms with Gasteiger partial charge in [-0.3, -0.25) is 0 Å². The van der Waals surface area contributed by atoms with E-state index >= 15 is 0 Å². The van der Waals surface area contributed by atoms with Crippen LogP contribution < -0.4 is 5.32 Å². The quantitative estimate of drug-likeness (QED) is 0.884. The zero-order valence-corrected chi connectivity index (χ0v) is 13.5. The number of alkyl halides is 3. The van der Waals surface area contributed by atoms with E-state index in [9.17, 15) is 28.0 Å². The van der Waals surface area contributed by atoms with Gasteiger partial charge in [-0.15, -0.1) is 0 Å². The van der Waals surface area contributed by atoms with Gasteiger partial charge in [-0.25, -0.2) is 19.5 Å². The molecule has 0 spiro atoms. The normalized spacial score (nSPS) is 20.7. The van der Waals surface area contributed by atoms with Crippen molar-refractivity contribution in [3.05, 3.63) is 35.4 Å². The predicted octanol–water partition coefficient (Wildman–Crippen LogP) is 3.51. The standard InChI is InChI=1S/C16H15F3N4O2/c1-3-21-14(24)23-13(11(8-20)9(2)22-15(23)25)10-6-4-5-7-12(10)16(17,18)19/h4-7,11,13H,3H2,1-2H3,(H,21,24). The Bertz CT molecular complexity index is 767. The van der Waals surface area contributed by atoms with Crippen molar-refractivity contribution in [1.82, 2.24) is 10.2 Å². The number of nitrogens with one attached hydrogen (secondary N) is 1. The summed E-state index contributed by atoms with van der Waals surface area (Å²) in [5.74, 6) is -1.18. The van der Waals surface area contributed by atoms with E-state index < -0.39 is 35.8 Å². The monoisotopic (exact) mass is 352 g/mol. The summed E-state index contributed by atoms with van der Waals surface area (Å²) in [6.45, 7) is 3.14. The molecule has 1 aliphatic rings. The lowest BCUT2D eigenvalue weighted by Crippen LogP contribution is -2.51. The van der Waals surface area contributed by atoms with E-state index in [0.717, 1.165) is 12.1 Å². The van der Waals surface area contributed by atoms with E-state index in [1.807, 2.05) is 6.07 Å². The molecule has 1 aliphatic heterocycles. The molecule has 1 heterocycles. The third-order valence-electron chi connectivity index (χ3n) is 3.79. The topological polar surface area (TPSA) is 85.6 Å². The van der Waals surface area contributed by atoms with Gasteiger partial charge in [0.25, 0.3) is 0 Å². The van der Waals surface area contributed by atoms with Crippen LogP contribution in [0, 0.1) is 17.2 Å². The molecule has 2 unspecified atom stereocenters. The van der Waals surface area contributed by atoms with Crippen molar-refractivity contribution in [3.63, 3.8) is 0 Å². The van der Waals surface area contributed by atoms with Crippen LogP contribution in [0.5, 0.6) is 0 Å². The highest BCUT2D eigenvalue weighted by Gasteiger charge is 2.45. The number of rotatable bonds is 2. The van der Waals surface area contributed by atoms with Crippen LogP contribution in [0.25, 0.3) is 0 Å². The van der Waals surface area contributed by atoms with Gasteiger partial charge in [0.2, 0.25) is 0 Å². The van der Waals surface area contributed by atoms with Crippen molar-refractivity contribution in [3.8, 4) is 6.07 Å². The van der Waals surface area contributed by atoms with Gasteiger partial charge in [0, 0.05) is 12.3 Å². The summed E-state index contributed by atoms with van der Waals surface area (Å²) in [5, 5.41) is 11.8. The summed E-state index contributed by atoms with van der Waals surface area (Å²) in [7, 11) is 0. The smallest absolute Gasteiger partial charge is 0.338 e. The van der Waals surface area contributed by atoms with Crippen LogP contribution in [0.2, 0.25) is 0 Å². The number of benzene rings is 1. The molecule has 0 aromatic heterocycles. The minimum atomic E-state index is -4.70. The Morgan fingerprint density at radius 2 is 2.04 bits per heavy atom. The van der Waals surface area contributed by atoms with Crippen LogP contribution >= 0.6 is 0 Å². The lowest BCUT2D eigenvalue weighted by atomic mass is 9.85. The number of halogens is 3. The Labute approximate surface area is 141 Å². The van der Waals surface area contributed by atoms with Crippen molar-refractivity contribution >= 4 is 17.8 Å². The molecule has 132 valence electrons. The molecule has 1 N–H and O–H groups in total. The summed E-state index contributed by atoms with van der Waals surface area (Å²) in [6.07, 6.45) is -4.70. The largest absolute Gasteiger partial charge is 0.416 e. The van der Waals surface area contributed by atoms with Crippen LogP contribution in [0.3, 0.4) is 0 Å². The van der Waals surface area contributed by atoms with Gasteiger partial charge in [0.1, 0.15) is 5.92 Å². The number of carbonyl (C=O) groups excluding carboxylic acids is 2. The Morgan fingerprint density at radius 3 is 2.60 bits per heavy atom. The first-order valence-electron chi connectivity index (χ1n) is 7.44. The third kappa shape index (κ3) is 3.47. The van der Waals surface area contributed by atoms with Gasteiger partial charge in [0.05, 0.1) is 17.7 Å². The first kappa shape index (κ1) is 18.4. The highest BCUT2D eigenvalue weighted by Crippen LogP contribution is 2.41. The average molecular weight is 352 g/mol. The van der Waals surface area contributed by atoms with Gasteiger partial charge >= 0.3 is 18.2 Å². The van der Waals surface area contributed by atoms with Crippen LogP contribution in [-0.4, -0.2) is 29.2 Å². The Morgan fingerprint density at radius 1 is 1.40 bits per heavy atom. The van der Waals surface area contributed by atoms with Crippen molar-refractivity contribution in [2.75, 3.05) is 6.54 Å². The molecule has 0 radical (unpaired) electrons. The van der Waals surface area contributed by atoms with Crippen LogP contribution in [0.15, 0.2) is 29.3 Å². The van der Waals surface area contributed by atoms with Crippen molar-refractivity contribution in [2.45, 2.75) is 26.1 Å². The zero-order valence-electron chi connectivity index (χ0n) is 13.5. The fourth-order valence-corrected chi connectivity index (χ4v) is 2.72. The SMILES string of the molecule is CCNC(=O)N1C(=O)N=C(C)C(C#N)C1c1ccccc1C(F)(F)F. The van der Waals surface area contributed by atoms with Crippen molar-refractivity contribution in [2.24, 2.45) is 10.9 Å². The molecule has 2 atom stereocenters. The van der Waals surface area contributed by atoms with E-state index in [0.29, 0.717) is 4.90 Å². The molecule has 0 fully saturated rings. The number of nitriles is 1. The van der Waals surface area contributed by atoms with Gasteiger partial charge < -0.3 is 5.32 Å². The highest BCUT2D eigenvalue weighted by molar-refractivity contribution is 6.05. The molecule has 6 nitrogen and oxygen atoms in total. The second-order valence-electron chi connectivity index (χ2n) is 5.38. The van der Waals surface area contributed by atoms with Gasteiger partial charge in [-0.2, -0.15) is 18.4 Å². The van der Waals surface area contributed by atoms with Gasteiger partial charge in [0.15, 0.2) is 0 Å². The van der Waals surface area contributed by atoms with E-state index in [1.54, 1.807) is 6.92 Å². The average Bonchev–Trinajstić information content (AvgIpc) is 2.53. The minimum Gasteiger partial charge on any atom is -0.338 e. The van der Waals surface area contributed by atoms with Gasteiger partial charge in [-0.05, 0) is 25.5 Å². The van der Waals surface area contributed by atoms with E-state index in [-0.39, 0.29) is 17.8 Å². The summed E-state index contributed by atoms with van der Waals surface area (Å²) in [6, 6.07) is 3.12. The molecule has 1 aromatic rings. The molecular weight excluding hydrogens is 337 g/mol. The number of nitrogens with zero attached hydrogens (tertiary/aromatic N) is 3. The molecule has 0 aliphatic carbocycles. The number of imide groups is 1. The molecule has 0 saturated heterocycles. The molecule has 25 heavy (non-hydrogen) atoms. The zero-order chi connectivity index (χ0) is 18.8. The molecule has 9 heteroatoms. The third-order valence-corrected chi connectivity index (χ3v) is 3.79. The van der Waals surface area contributed by atoms with E-state index in [4.69, 9.17) is 0 Å². The maximum absolute atomic E-state index is 13.4. The fourth-order valence-electron chi connectivity index (χ4n) is 2.72. The second-order valence-corrected chi connectivity index (χ2v) is 5.38. The Balaban J connectivity index is 2.69. The summed E-state index contributed by atoms with van der Waals surface area (Å²) in [5.41, 5.74) is -1.26. The predicted molar refractivity (Wildman–Crippen MR) is 82.7 cm³/mol. The number of carbonyl (C=O) groups is 2. The first-order valence-corrected chi connectivity index (χ1v) is 7.44. The van der Waals surface area contributed by atoms with Crippen LogP contribution in [0.4, 0.5) is 22.8 Å². The molecule has 0 bridgehead atoms. The molecule has 4 amide bonds. The number of aliphatic imine (C=N–C) groups is 1. The van der Waals surface area contributed by atoms with E-state index in [2.05, 4.69) is 10.3 Å². The number of hydrogen-bond donors (Lipinski definition) is 1. The summed E-state index contributed by atoms with van der Waals surface area (Å²) < 4.78 is 40.2. The second kappa shape index (κ2) is 6.93. The van der Waals surface area contributed by atoms with Crippen LogP contribution in [-0.2, 0) is 6.18 Å².